The zero-order chi connectivity index (χ0) is 13.3. The number of benzene rings is 1. The molecule has 0 bridgehead atoms. The Morgan fingerprint density at radius 2 is 2.22 bits per heavy atom. The molecule has 0 saturated carbocycles. The summed E-state index contributed by atoms with van der Waals surface area (Å²) < 4.78 is 5.62. The van der Waals surface area contributed by atoms with Gasteiger partial charge in [0.1, 0.15) is 5.75 Å². The van der Waals surface area contributed by atoms with Gasteiger partial charge >= 0.3 is 0 Å². The normalized spacial score (nSPS) is 18.0. The molecule has 1 unspecified atom stereocenters. The molecule has 1 aromatic carbocycles. The molecule has 96 valence electrons. The standard InChI is InChI=1S/C13H16N2O3/c1-7(2)12-13(17)15-9-5-8(10(16)6-14)3-4-11(9)18-12/h3-5,7,12H,6,14H2,1-2H3,(H,15,17). The first-order valence-corrected chi connectivity index (χ1v) is 5.87. The van der Waals surface area contributed by atoms with Gasteiger partial charge in [-0.25, -0.2) is 0 Å². The minimum atomic E-state index is -0.492. The van der Waals surface area contributed by atoms with Crippen molar-refractivity contribution in [3.63, 3.8) is 0 Å². The van der Waals surface area contributed by atoms with Crippen molar-refractivity contribution in [1.29, 1.82) is 0 Å². The second kappa shape index (κ2) is 4.78. The Labute approximate surface area is 105 Å². The van der Waals surface area contributed by atoms with Gasteiger partial charge in [0.2, 0.25) is 0 Å². The average Bonchev–Trinajstić information content (AvgIpc) is 2.35. The number of Topliss-reactive ketones (excluding diaryl/α,β-unsaturated/α-hetero) is 1. The summed E-state index contributed by atoms with van der Waals surface area (Å²) in [5.74, 6) is 0.318. The van der Waals surface area contributed by atoms with Crippen LogP contribution in [0.3, 0.4) is 0 Å². The third-order valence-corrected chi connectivity index (χ3v) is 2.86. The molecule has 1 aromatic rings. The highest BCUT2D eigenvalue weighted by atomic mass is 16.5. The van der Waals surface area contributed by atoms with Crippen LogP contribution in [0.4, 0.5) is 5.69 Å². The van der Waals surface area contributed by atoms with Gasteiger partial charge < -0.3 is 15.8 Å². The third kappa shape index (κ3) is 2.22. The third-order valence-electron chi connectivity index (χ3n) is 2.86. The molecular weight excluding hydrogens is 232 g/mol. The quantitative estimate of drug-likeness (QED) is 0.787. The van der Waals surface area contributed by atoms with E-state index >= 15 is 0 Å². The number of nitrogens with one attached hydrogen (secondary N) is 1. The number of nitrogens with two attached hydrogens (primary N) is 1. The zero-order valence-electron chi connectivity index (χ0n) is 10.4. The number of anilines is 1. The molecule has 5 heteroatoms. The van der Waals surface area contributed by atoms with Crippen molar-refractivity contribution in [2.45, 2.75) is 20.0 Å². The molecule has 2 rings (SSSR count). The first kappa shape index (κ1) is 12.6. The highest BCUT2D eigenvalue weighted by Gasteiger charge is 2.30. The number of fused-ring (bicyclic) bond motifs is 1. The maximum atomic E-state index is 11.8. The van der Waals surface area contributed by atoms with Crippen molar-refractivity contribution in [1.82, 2.24) is 0 Å². The van der Waals surface area contributed by atoms with Gasteiger partial charge in [-0.05, 0) is 24.1 Å². The van der Waals surface area contributed by atoms with E-state index in [0.29, 0.717) is 17.0 Å². The van der Waals surface area contributed by atoms with Crippen LogP contribution in [-0.2, 0) is 4.79 Å². The van der Waals surface area contributed by atoms with Gasteiger partial charge in [0, 0.05) is 5.56 Å². The number of ketones is 1. The number of hydrogen-bond donors (Lipinski definition) is 2. The van der Waals surface area contributed by atoms with Crippen molar-refractivity contribution in [2.75, 3.05) is 11.9 Å². The smallest absolute Gasteiger partial charge is 0.265 e. The van der Waals surface area contributed by atoms with Crippen LogP contribution in [-0.4, -0.2) is 24.3 Å². The summed E-state index contributed by atoms with van der Waals surface area (Å²) in [6, 6.07) is 4.94. The fourth-order valence-electron chi connectivity index (χ4n) is 1.85. The molecule has 1 heterocycles. The van der Waals surface area contributed by atoms with Gasteiger partial charge in [0.05, 0.1) is 12.2 Å². The summed E-state index contributed by atoms with van der Waals surface area (Å²) >= 11 is 0. The molecule has 18 heavy (non-hydrogen) atoms. The lowest BCUT2D eigenvalue weighted by atomic mass is 10.0. The molecule has 0 aliphatic carbocycles. The van der Waals surface area contributed by atoms with E-state index in [1.54, 1.807) is 18.2 Å². The minimum Gasteiger partial charge on any atom is -0.478 e. The molecule has 1 atom stereocenters. The van der Waals surface area contributed by atoms with E-state index in [-0.39, 0.29) is 24.2 Å². The Balaban J connectivity index is 2.32. The van der Waals surface area contributed by atoms with Crippen LogP contribution in [0.2, 0.25) is 0 Å². The number of rotatable bonds is 3. The highest BCUT2D eigenvalue weighted by molar-refractivity contribution is 6.02. The maximum absolute atomic E-state index is 11.8. The second-order valence-corrected chi connectivity index (χ2v) is 4.61. The van der Waals surface area contributed by atoms with E-state index in [2.05, 4.69) is 5.32 Å². The lowest BCUT2D eigenvalue weighted by molar-refractivity contribution is -0.125. The number of ether oxygens (including phenoxy) is 1. The highest BCUT2D eigenvalue weighted by Crippen LogP contribution is 2.32. The fourth-order valence-corrected chi connectivity index (χ4v) is 1.85. The molecule has 0 spiro atoms. The minimum absolute atomic E-state index is 0.0534. The van der Waals surface area contributed by atoms with E-state index in [9.17, 15) is 9.59 Å². The van der Waals surface area contributed by atoms with Crippen molar-refractivity contribution >= 4 is 17.4 Å². The predicted octanol–water partition coefficient (Wildman–Crippen LogP) is 1.18. The van der Waals surface area contributed by atoms with Crippen molar-refractivity contribution < 1.29 is 14.3 Å². The first-order valence-electron chi connectivity index (χ1n) is 5.87. The molecule has 5 nitrogen and oxygen atoms in total. The molecule has 0 radical (unpaired) electrons. The second-order valence-electron chi connectivity index (χ2n) is 4.61. The molecule has 1 amide bonds. The molecule has 3 N–H and O–H groups in total. The summed E-state index contributed by atoms with van der Waals surface area (Å²) in [5, 5.41) is 2.75. The summed E-state index contributed by atoms with van der Waals surface area (Å²) in [6.45, 7) is 3.78. The molecule has 1 aliphatic heterocycles. The molecule has 1 aliphatic rings. The number of carbonyl (C=O) groups excluding carboxylic acids is 2. The fraction of sp³-hybridized carbons (Fsp3) is 0.385. The largest absolute Gasteiger partial charge is 0.478 e. The van der Waals surface area contributed by atoms with Crippen LogP contribution in [0.5, 0.6) is 5.75 Å². The van der Waals surface area contributed by atoms with Crippen LogP contribution in [0, 0.1) is 5.92 Å². The molecular formula is C13H16N2O3. The van der Waals surface area contributed by atoms with Crippen LogP contribution >= 0.6 is 0 Å². The van der Waals surface area contributed by atoms with Crippen LogP contribution < -0.4 is 15.8 Å². The molecule has 0 fully saturated rings. The van der Waals surface area contributed by atoms with E-state index < -0.39 is 6.10 Å². The number of carbonyl (C=O) groups is 2. The Morgan fingerprint density at radius 1 is 1.50 bits per heavy atom. The van der Waals surface area contributed by atoms with Gasteiger partial charge in [-0.3, -0.25) is 9.59 Å². The Bertz CT molecular complexity index is 497. The van der Waals surface area contributed by atoms with Crippen molar-refractivity contribution in [2.24, 2.45) is 11.7 Å². The molecule has 0 aromatic heterocycles. The van der Waals surface area contributed by atoms with E-state index in [4.69, 9.17) is 10.5 Å². The summed E-state index contributed by atoms with van der Waals surface area (Å²) in [5.41, 5.74) is 6.30. The van der Waals surface area contributed by atoms with Gasteiger partial charge in [0.15, 0.2) is 11.9 Å². The van der Waals surface area contributed by atoms with Crippen LogP contribution in [0.25, 0.3) is 0 Å². The number of amides is 1. The number of hydrogen-bond acceptors (Lipinski definition) is 4. The summed E-state index contributed by atoms with van der Waals surface area (Å²) in [7, 11) is 0. The van der Waals surface area contributed by atoms with E-state index in [1.165, 1.54) is 0 Å². The van der Waals surface area contributed by atoms with E-state index in [1.807, 2.05) is 13.8 Å². The monoisotopic (exact) mass is 248 g/mol. The summed E-state index contributed by atoms with van der Waals surface area (Å²) in [4.78, 5) is 23.3. The molecule has 0 saturated heterocycles. The van der Waals surface area contributed by atoms with Crippen LogP contribution in [0.1, 0.15) is 24.2 Å². The zero-order valence-corrected chi connectivity index (χ0v) is 10.4. The Morgan fingerprint density at radius 3 is 2.83 bits per heavy atom. The van der Waals surface area contributed by atoms with Crippen LogP contribution in [0.15, 0.2) is 18.2 Å². The Hall–Kier alpha value is -1.88. The lowest BCUT2D eigenvalue weighted by Gasteiger charge is -2.28. The SMILES string of the molecule is CC(C)C1Oc2ccc(C(=O)CN)cc2NC1=O. The topological polar surface area (TPSA) is 81.4 Å². The first-order chi connectivity index (χ1) is 8.52. The average molecular weight is 248 g/mol. The predicted molar refractivity (Wildman–Crippen MR) is 67.7 cm³/mol. The van der Waals surface area contributed by atoms with Crippen molar-refractivity contribution in [3.05, 3.63) is 23.8 Å². The lowest BCUT2D eigenvalue weighted by Crippen LogP contribution is -2.40. The van der Waals surface area contributed by atoms with Gasteiger partial charge in [-0.15, -0.1) is 0 Å². The summed E-state index contributed by atoms with van der Waals surface area (Å²) in [6.07, 6.45) is -0.492. The Kier molecular flexibility index (Phi) is 3.34. The van der Waals surface area contributed by atoms with E-state index in [0.717, 1.165) is 0 Å². The van der Waals surface area contributed by atoms with Crippen molar-refractivity contribution in [3.8, 4) is 5.75 Å². The maximum Gasteiger partial charge on any atom is 0.265 e. The van der Waals surface area contributed by atoms with Gasteiger partial charge in [-0.2, -0.15) is 0 Å². The van der Waals surface area contributed by atoms with Gasteiger partial charge in [-0.1, -0.05) is 13.8 Å². The van der Waals surface area contributed by atoms with Gasteiger partial charge in [0.25, 0.3) is 5.91 Å².